The van der Waals surface area contributed by atoms with Crippen LogP contribution in [0.2, 0.25) is 0 Å². The van der Waals surface area contributed by atoms with Crippen molar-refractivity contribution >= 4 is 27.4 Å². The van der Waals surface area contributed by atoms with E-state index < -0.39 is 16.0 Å². The molecule has 0 aliphatic rings. The summed E-state index contributed by atoms with van der Waals surface area (Å²) in [5, 5.41) is 0. The number of carbonyl (C=O) groups is 1. The van der Waals surface area contributed by atoms with Crippen LogP contribution in [0.3, 0.4) is 0 Å². The van der Waals surface area contributed by atoms with Crippen LogP contribution in [0.5, 0.6) is 0 Å². The van der Waals surface area contributed by atoms with Gasteiger partial charge in [-0.05, 0) is 25.1 Å². The average Bonchev–Trinajstić information content (AvgIpc) is 2.36. The predicted octanol–water partition coefficient (Wildman–Crippen LogP) is 0.988. The molecule has 1 rings (SSSR count). The number of nitrogens with two attached hydrogens (primary N) is 1. The van der Waals surface area contributed by atoms with Crippen LogP contribution in [0, 0.1) is 0 Å². The van der Waals surface area contributed by atoms with Crippen molar-refractivity contribution in [3.63, 3.8) is 0 Å². The van der Waals surface area contributed by atoms with Gasteiger partial charge in [0.05, 0.1) is 24.5 Å². The number of nitrogens with zero attached hydrogens (tertiary/aromatic N) is 1. The summed E-state index contributed by atoms with van der Waals surface area (Å²) in [7, 11) is -2.14. The number of anilines is 2. The van der Waals surface area contributed by atoms with E-state index in [1.165, 1.54) is 7.05 Å². The first-order chi connectivity index (χ1) is 8.86. The van der Waals surface area contributed by atoms with Gasteiger partial charge < -0.3 is 10.5 Å². The number of esters is 1. The van der Waals surface area contributed by atoms with Gasteiger partial charge in [-0.1, -0.05) is 6.07 Å². The number of carbonyl (C=O) groups excluding carboxylic acids is 1. The van der Waals surface area contributed by atoms with Crippen LogP contribution in [0.1, 0.15) is 13.3 Å². The number of rotatable bonds is 6. The molecule has 0 unspecified atom stereocenters. The summed E-state index contributed by atoms with van der Waals surface area (Å²) in [6.45, 7) is 1.91. The summed E-state index contributed by atoms with van der Waals surface area (Å²) < 4.78 is 29.9. The fourth-order valence-electron chi connectivity index (χ4n) is 1.46. The molecule has 0 amide bonds. The molecule has 0 saturated carbocycles. The van der Waals surface area contributed by atoms with E-state index in [2.05, 4.69) is 0 Å². The largest absolute Gasteiger partial charge is 0.466 e. The summed E-state index contributed by atoms with van der Waals surface area (Å²) in [5.41, 5.74) is 6.54. The van der Waals surface area contributed by atoms with Crippen molar-refractivity contribution in [1.82, 2.24) is 0 Å². The maximum absolute atomic E-state index is 12.0. The van der Waals surface area contributed by atoms with Crippen molar-refractivity contribution < 1.29 is 17.9 Å². The van der Waals surface area contributed by atoms with E-state index >= 15 is 0 Å². The second-order valence-corrected chi connectivity index (χ2v) is 6.05. The molecule has 1 aromatic carbocycles. The Hall–Kier alpha value is -1.76. The van der Waals surface area contributed by atoms with Crippen LogP contribution in [0.25, 0.3) is 0 Å². The second-order valence-electron chi connectivity index (χ2n) is 3.93. The molecular formula is C12H18N2O4S. The van der Waals surface area contributed by atoms with Crippen LogP contribution in [0.15, 0.2) is 24.3 Å². The maximum Gasteiger partial charge on any atom is 0.306 e. The molecule has 19 heavy (non-hydrogen) atoms. The number of hydrogen-bond donors (Lipinski definition) is 1. The van der Waals surface area contributed by atoms with Crippen molar-refractivity contribution in [3.8, 4) is 0 Å². The molecule has 7 heteroatoms. The van der Waals surface area contributed by atoms with Crippen LogP contribution >= 0.6 is 0 Å². The van der Waals surface area contributed by atoms with Gasteiger partial charge in [0, 0.05) is 12.7 Å². The summed E-state index contributed by atoms with van der Waals surface area (Å²) >= 11 is 0. The molecule has 0 aromatic heterocycles. The van der Waals surface area contributed by atoms with Gasteiger partial charge in [-0.25, -0.2) is 8.42 Å². The van der Waals surface area contributed by atoms with E-state index in [0.29, 0.717) is 11.4 Å². The van der Waals surface area contributed by atoms with Gasteiger partial charge in [-0.2, -0.15) is 0 Å². The molecule has 0 saturated heterocycles. The summed E-state index contributed by atoms with van der Waals surface area (Å²) in [4.78, 5) is 11.2. The Morgan fingerprint density at radius 2 is 2.11 bits per heavy atom. The van der Waals surface area contributed by atoms with Gasteiger partial charge in [0.1, 0.15) is 0 Å². The highest BCUT2D eigenvalue weighted by molar-refractivity contribution is 7.92. The van der Waals surface area contributed by atoms with Gasteiger partial charge in [0.2, 0.25) is 10.0 Å². The van der Waals surface area contributed by atoms with Crippen molar-refractivity contribution in [3.05, 3.63) is 24.3 Å². The Labute approximate surface area is 113 Å². The highest BCUT2D eigenvalue weighted by Gasteiger charge is 2.20. The molecule has 6 nitrogen and oxygen atoms in total. The Morgan fingerprint density at radius 1 is 1.42 bits per heavy atom. The zero-order chi connectivity index (χ0) is 14.5. The SMILES string of the molecule is CCOC(=O)CCS(=O)(=O)N(C)c1cccc(N)c1. The summed E-state index contributed by atoms with van der Waals surface area (Å²) in [6, 6.07) is 6.53. The lowest BCUT2D eigenvalue weighted by molar-refractivity contribution is -0.142. The molecule has 0 radical (unpaired) electrons. The van der Waals surface area contributed by atoms with Crippen LogP contribution in [0.4, 0.5) is 11.4 Å². The lowest BCUT2D eigenvalue weighted by Crippen LogP contribution is -2.30. The van der Waals surface area contributed by atoms with E-state index in [-0.39, 0.29) is 18.8 Å². The Bertz CT molecular complexity index is 542. The normalized spacial score (nSPS) is 11.1. The number of benzene rings is 1. The minimum atomic E-state index is -3.57. The molecule has 0 fully saturated rings. The maximum atomic E-state index is 12.0. The molecule has 1 aromatic rings. The van der Waals surface area contributed by atoms with Gasteiger partial charge >= 0.3 is 5.97 Å². The molecule has 0 aliphatic carbocycles. The molecule has 0 bridgehead atoms. The van der Waals surface area contributed by atoms with Gasteiger partial charge in [-0.3, -0.25) is 9.10 Å². The monoisotopic (exact) mass is 286 g/mol. The molecule has 0 aliphatic heterocycles. The van der Waals surface area contributed by atoms with Gasteiger partial charge in [-0.15, -0.1) is 0 Å². The first kappa shape index (κ1) is 15.3. The molecular weight excluding hydrogens is 268 g/mol. The molecule has 0 atom stereocenters. The minimum absolute atomic E-state index is 0.164. The third-order valence-corrected chi connectivity index (χ3v) is 4.29. The van der Waals surface area contributed by atoms with Crippen LogP contribution < -0.4 is 10.0 Å². The van der Waals surface area contributed by atoms with Crippen LogP contribution in [-0.2, 0) is 19.6 Å². The molecule has 2 N–H and O–H groups in total. The summed E-state index contributed by atoms with van der Waals surface area (Å²) in [6.07, 6.45) is -0.164. The molecule has 0 spiro atoms. The molecule has 0 heterocycles. The zero-order valence-electron chi connectivity index (χ0n) is 11.0. The smallest absolute Gasteiger partial charge is 0.306 e. The van der Waals surface area contributed by atoms with E-state index in [4.69, 9.17) is 10.5 Å². The van der Waals surface area contributed by atoms with Crippen LogP contribution in [-0.4, -0.2) is 33.8 Å². The number of hydrogen-bond acceptors (Lipinski definition) is 5. The highest BCUT2D eigenvalue weighted by atomic mass is 32.2. The first-order valence-electron chi connectivity index (χ1n) is 5.84. The van der Waals surface area contributed by atoms with Crippen molar-refractivity contribution in [2.24, 2.45) is 0 Å². The average molecular weight is 286 g/mol. The lowest BCUT2D eigenvalue weighted by Gasteiger charge is -2.19. The molecule has 106 valence electrons. The number of sulfonamides is 1. The van der Waals surface area contributed by atoms with Gasteiger partial charge in [0.15, 0.2) is 0 Å². The van der Waals surface area contributed by atoms with Crippen molar-refractivity contribution in [1.29, 1.82) is 0 Å². The Morgan fingerprint density at radius 3 is 2.68 bits per heavy atom. The second kappa shape index (κ2) is 6.42. The van der Waals surface area contributed by atoms with E-state index in [9.17, 15) is 13.2 Å². The van der Waals surface area contributed by atoms with Gasteiger partial charge in [0.25, 0.3) is 0 Å². The van der Waals surface area contributed by atoms with Crippen molar-refractivity contribution in [2.75, 3.05) is 29.4 Å². The third kappa shape index (κ3) is 4.44. The summed E-state index contributed by atoms with van der Waals surface area (Å²) in [5.74, 6) is -0.816. The fourth-order valence-corrected chi connectivity index (χ4v) is 2.60. The zero-order valence-corrected chi connectivity index (χ0v) is 11.8. The van der Waals surface area contributed by atoms with E-state index in [1.807, 2.05) is 0 Å². The Kier molecular flexibility index (Phi) is 5.17. The highest BCUT2D eigenvalue weighted by Crippen LogP contribution is 2.19. The first-order valence-corrected chi connectivity index (χ1v) is 7.45. The Balaban J connectivity index is 2.74. The lowest BCUT2D eigenvalue weighted by atomic mass is 10.3. The predicted molar refractivity (Wildman–Crippen MR) is 74.3 cm³/mol. The number of nitrogen functional groups attached to an aromatic ring is 1. The fraction of sp³-hybridized carbons (Fsp3) is 0.417. The minimum Gasteiger partial charge on any atom is -0.466 e. The number of ether oxygens (including phenoxy) is 1. The third-order valence-electron chi connectivity index (χ3n) is 2.52. The topological polar surface area (TPSA) is 89.7 Å². The van der Waals surface area contributed by atoms with E-state index in [1.54, 1.807) is 31.2 Å². The van der Waals surface area contributed by atoms with E-state index in [0.717, 1.165) is 4.31 Å². The quantitative estimate of drug-likeness (QED) is 0.622. The van der Waals surface area contributed by atoms with Crippen molar-refractivity contribution in [2.45, 2.75) is 13.3 Å². The standard InChI is InChI=1S/C12H18N2O4S/c1-3-18-12(15)7-8-19(16,17)14(2)11-6-4-5-10(13)9-11/h4-6,9H,3,7-8,13H2,1-2H3.